The van der Waals surface area contributed by atoms with Crippen molar-refractivity contribution in [3.05, 3.63) is 73.4 Å². The molecule has 1 aliphatic heterocycles. The lowest BCUT2D eigenvalue weighted by Crippen LogP contribution is -2.58. The highest BCUT2D eigenvalue weighted by molar-refractivity contribution is 5.82. The maximum Gasteiger partial charge on any atom is 0.410 e. The van der Waals surface area contributed by atoms with Gasteiger partial charge in [0.1, 0.15) is 22.8 Å². The van der Waals surface area contributed by atoms with Crippen molar-refractivity contribution in [1.29, 1.82) is 0 Å². The molecule has 6 rings (SSSR count). The predicted molar refractivity (Wildman–Crippen MR) is 161 cm³/mol. The molecule has 1 saturated carbocycles. The first-order valence-electron chi connectivity index (χ1n) is 14.2. The van der Waals surface area contributed by atoms with Gasteiger partial charge in [-0.05, 0) is 64.3 Å². The number of nitrogen functional groups attached to an aromatic ring is 1. The number of hydrogen-bond donors (Lipinski definition) is 1. The summed E-state index contributed by atoms with van der Waals surface area (Å²) in [6, 6.07) is 18.0. The van der Waals surface area contributed by atoms with Gasteiger partial charge in [0.05, 0.1) is 23.0 Å². The van der Waals surface area contributed by atoms with E-state index in [1.165, 1.54) is 0 Å². The number of rotatable bonds is 6. The van der Waals surface area contributed by atoms with E-state index < -0.39 is 5.60 Å². The lowest BCUT2D eigenvalue weighted by atomic mass is 10.1. The quantitative estimate of drug-likeness (QED) is 0.298. The first-order chi connectivity index (χ1) is 19.7. The number of fused-ring (bicyclic) bond motifs is 1. The van der Waals surface area contributed by atoms with Crippen LogP contribution in [0.5, 0.6) is 0 Å². The molecular formula is C32H37N7O2. The van der Waals surface area contributed by atoms with E-state index in [-0.39, 0.29) is 17.8 Å². The number of aromatic nitrogens is 4. The number of amides is 1. The summed E-state index contributed by atoms with van der Waals surface area (Å²) in [6.07, 6.45) is 5.82. The molecule has 2 aliphatic rings. The average molecular weight is 552 g/mol. The van der Waals surface area contributed by atoms with E-state index in [4.69, 9.17) is 20.4 Å². The maximum atomic E-state index is 13.1. The van der Waals surface area contributed by atoms with Crippen LogP contribution >= 0.6 is 0 Å². The van der Waals surface area contributed by atoms with E-state index >= 15 is 0 Å². The zero-order chi connectivity index (χ0) is 28.8. The SMILES string of the molecule is C=CCC(N1CCN(C(=O)OC(C)(C)C)C2(CC2)C1)n1c(-c2cccnc2N)nc2ccc(-c3ccccc3)nc21. The molecule has 1 aliphatic carbocycles. The van der Waals surface area contributed by atoms with E-state index in [0.717, 1.165) is 53.2 Å². The zero-order valence-electron chi connectivity index (χ0n) is 24.0. The minimum atomic E-state index is -0.536. The highest BCUT2D eigenvalue weighted by Gasteiger charge is 2.55. The van der Waals surface area contributed by atoms with Gasteiger partial charge in [0, 0.05) is 31.4 Å². The van der Waals surface area contributed by atoms with Crippen LogP contribution in [0.2, 0.25) is 0 Å². The Morgan fingerprint density at radius 3 is 2.56 bits per heavy atom. The van der Waals surface area contributed by atoms with Crippen molar-refractivity contribution < 1.29 is 9.53 Å². The highest BCUT2D eigenvalue weighted by atomic mass is 16.6. The van der Waals surface area contributed by atoms with Gasteiger partial charge < -0.3 is 10.5 Å². The molecule has 4 aromatic rings. The predicted octanol–water partition coefficient (Wildman–Crippen LogP) is 5.90. The van der Waals surface area contributed by atoms with Crippen molar-refractivity contribution >= 4 is 23.1 Å². The van der Waals surface area contributed by atoms with Gasteiger partial charge >= 0.3 is 6.09 Å². The van der Waals surface area contributed by atoms with Gasteiger partial charge in [-0.15, -0.1) is 6.58 Å². The smallest absolute Gasteiger partial charge is 0.410 e. The van der Waals surface area contributed by atoms with Crippen LogP contribution in [0.25, 0.3) is 33.8 Å². The van der Waals surface area contributed by atoms with Crippen molar-refractivity contribution in [2.24, 2.45) is 0 Å². The zero-order valence-corrected chi connectivity index (χ0v) is 24.0. The van der Waals surface area contributed by atoms with E-state index in [0.29, 0.717) is 25.3 Å². The Morgan fingerprint density at radius 1 is 1.10 bits per heavy atom. The molecule has 9 nitrogen and oxygen atoms in total. The summed E-state index contributed by atoms with van der Waals surface area (Å²) in [5.74, 6) is 1.13. The molecular weight excluding hydrogens is 514 g/mol. The molecule has 2 fully saturated rings. The summed E-state index contributed by atoms with van der Waals surface area (Å²) >= 11 is 0. The van der Waals surface area contributed by atoms with Crippen LogP contribution in [0.4, 0.5) is 10.6 Å². The Kier molecular flexibility index (Phi) is 6.77. The van der Waals surface area contributed by atoms with Crippen LogP contribution in [0.3, 0.4) is 0 Å². The molecule has 0 radical (unpaired) electrons. The lowest BCUT2D eigenvalue weighted by Gasteiger charge is -2.45. The molecule has 0 bridgehead atoms. The molecule has 41 heavy (non-hydrogen) atoms. The van der Waals surface area contributed by atoms with Crippen molar-refractivity contribution in [2.45, 2.75) is 57.3 Å². The number of nitrogens with zero attached hydrogens (tertiary/aromatic N) is 6. The Bertz CT molecular complexity index is 1590. The molecule has 1 unspecified atom stereocenters. The molecule has 1 aromatic carbocycles. The maximum absolute atomic E-state index is 13.1. The normalized spacial score (nSPS) is 17.5. The molecule has 1 amide bonds. The Labute approximate surface area is 240 Å². The number of imidazole rings is 1. The third-order valence-corrected chi connectivity index (χ3v) is 7.91. The largest absolute Gasteiger partial charge is 0.444 e. The number of piperazine rings is 1. The van der Waals surface area contributed by atoms with Gasteiger partial charge in [0.25, 0.3) is 0 Å². The second kappa shape index (κ2) is 10.3. The highest BCUT2D eigenvalue weighted by Crippen LogP contribution is 2.47. The van der Waals surface area contributed by atoms with E-state index in [2.05, 4.69) is 33.2 Å². The summed E-state index contributed by atoms with van der Waals surface area (Å²) in [6.45, 7) is 11.8. The lowest BCUT2D eigenvalue weighted by molar-refractivity contribution is -0.0203. The number of carbonyl (C=O) groups is 1. The van der Waals surface area contributed by atoms with E-state index in [1.807, 2.05) is 74.2 Å². The molecule has 9 heteroatoms. The van der Waals surface area contributed by atoms with Crippen molar-refractivity contribution in [3.63, 3.8) is 0 Å². The van der Waals surface area contributed by atoms with Gasteiger partial charge in [-0.3, -0.25) is 14.4 Å². The number of carbonyl (C=O) groups excluding carboxylic acids is 1. The minimum absolute atomic E-state index is 0.135. The Hall–Kier alpha value is -4.24. The van der Waals surface area contributed by atoms with Crippen molar-refractivity contribution in [3.8, 4) is 22.6 Å². The molecule has 1 saturated heterocycles. The van der Waals surface area contributed by atoms with E-state index in [1.54, 1.807) is 6.20 Å². The number of hydrogen-bond acceptors (Lipinski definition) is 7. The van der Waals surface area contributed by atoms with Crippen LogP contribution in [-0.4, -0.2) is 66.2 Å². The topological polar surface area (TPSA) is 102 Å². The van der Waals surface area contributed by atoms with Crippen LogP contribution in [-0.2, 0) is 4.74 Å². The molecule has 4 heterocycles. The van der Waals surface area contributed by atoms with Gasteiger partial charge in [-0.25, -0.2) is 19.7 Å². The first kappa shape index (κ1) is 27.0. The Morgan fingerprint density at radius 2 is 1.88 bits per heavy atom. The fourth-order valence-corrected chi connectivity index (χ4v) is 5.83. The number of nitrogens with two attached hydrogens (primary N) is 1. The fraction of sp³-hybridized carbons (Fsp3) is 0.375. The van der Waals surface area contributed by atoms with Gasteiger partial charge in [-0.2, -0.15) is 0 Å². The van der Waals surface area contributed by atoms with Gasteiger partial charge in [0.2, 0.25) is 0 Å². The summed E-state index contributed by atoms with van der Waals surface area (Å²) in [7, 11) is 0. The van der Waals surface area contributed by atoms with Crippen LogP contribution in [0, 0.1) is 0 Å². The molecule has 3 aromatic heterocycles. The van der Waals surface area contributed by atoms with Gasteiger partial charge in [0.15, 0.2) is 5.65 Å². The van der Waals surface area contributed by atoms with Crippen LogP contribution < -0.4 is 5.73 Å². The minimum Gasteiger partial charge on any atom is -0.444 e. The number of ether oxygens (including phenoxy) is 1. The molecule has 212 valence electrons. The number of benzene rings is 1. The summed E-state index contributed by atoms with van der Waals surface area (Å²) < 4.78 is 7.97. The summed E-state index contributed by atoms with van der Waals surface area (Å²) in [4.78, 5) is 32.1. The standard InChI is InChI=1S/C32H37N7O2/c1-5-10-26(37-19-20-38(32(21-37)16-17-32)30(40)41-31(2,3)4)39-28(23-13-9-18-34-27(23)33)36-25-15-14-24(35-29(25)39)22-11-7-6-8-12-22/h5-9,11-15,18,26H,1,10,16-17,19-21H2,2-4H3,(H2,33,34). The first-order valence-corrected chi connectivity index (χ1v) is 14.2. The molecule has 1 atom stereocenters. The summed E-state index contributed by atoms with van der Waals surface area (Å²) in [5.41, 5.74) is 9.85. The number of pyridine rings is 2. The van der Waals surface area contributed by atoms with Crippen molar-refractivity contribution in [1.82, 2.24) is 29.3 Å². The van der Waals surface area contributed by atoms with Gasteiger partial charge in [-0.1, -0.05) is 36.4 Å². The van der Waals surface area contributed by atoms with E-state index in [9.17, 15) is 4.79 Å². The third kappa shape index (κ3) is 5.17. The van der Waals surface area contributed by atoms with Crippen LogP contribution in [0.1, 0.15) is 46.2 Å². The molecule has 2 N–H and O–H groups in total. The van der Waals surface area contributed by atoms with Crippen molar-refractivity contribution in [2.75, 3.05) is 25.4 Å². The average Bonchev–Trinajstić information content (AvgIpc) is 3.60. The monoisotopic (exact) mass is 551 g/mol. The van der Waals surface area contributed by atoms with Crippen LogP contribution in [0.15, 0.2) is 73.4 Å². The Balaban J connectivity index is 1.44. The second-order valence-electron chi connectivity index (χ2n) is 12.0. The number of anilines is 1. The molecule has 1 spiro atoms. The second-order valence-corrected chi connectivity index (χ2v) is 12.0. The third-order valence-electron chi connectivity index (χ3n) is 7.91. The summed E-state index contributed by atoms with van der Waals surface area (Å²) in [5, 5.41) is 0. The fourth-order valence-electron chi connectivity index (χ4n) is 5.83.